The van der Waals surface area contributed by atoms with Crippen LogP contribution in [0.2, 0.25) is 0 Å². The second kappa shape index (κ2) is 3.75. The number of hydrogen-bond acceptors (Lipinski definition) is 3. The molecule has 1 aliphatic heterocycles. The second-order valence-corrected chi connectivity index (χ2v) is 4.21. The Balaban J connectivity index is 2.12. The Labute approximate surface area is 92.5 Å². The van der Waals surface area contributed by atoms with Gasteiger partial charge in [-0.1, -0.05) is 0 Å². The van der Waals surface area contributed by atoms with Crippen molar-refractivity contribution in [2.45, 2.75) is 18.8 Å². The van der Waals surface area contributed by atoms with Crippen LogP contribution in [0.1, 0.15) is 24.3 Å². The highest BCUT2D eigenvalue weighted by molar-refractivity contribution is 5.54. The number of nitrogens with one attached hydrogen (secondary N) is 2. The van der Waals surface area contributed by atoms with E-state index in [0.29, 0.717) is 11.4 Å². The standard InChI is InChI=1S/C11H14N4O/c16-11-10-9(8-1-4-12-5-2-8)3-6-15(10)14-7-13-11/h3,6-8,12H,1-2,4-5H2,(H,13,14,16). The van der Waals surface area contributed by atoms with Crippen LogP contribution in [-0.4, -0.2) is 27.7 Å². The monoisotopic (exact) mass is 218 g/mol. The van der Waals surface area contributed by atoms with Gasteiger partial charge in [0.1, 0.15) is 11.8 Å². The van der Waals surface area contributed by atoms with Gasteiger partial charge in [-0.15, -0.1) is 0 Å². The minimum absolute atomic E-state index is 0.0477. The third-order valence-corrected chi connectivity index (χ3v) is 3.27. The molecule has 0 bridgehead atoms. The minimum Gasteiger partial charge on any atom is -0.317 e. The molecule has 3 rings (SSSR count). The molecule has 0 spiro atoms. The molecule has 3 heterocycles. The lowest BCUT2D eigenvalue weighted by Crippen LogP contribution is -2.27. The smallest absolute Gasteiger partial charge is 0.275 e. The fourth-order valence-electron chi connectivity index (χ4n) is 2.45. The summed E-state index contributed by atoms with van der Waals surface area (Å²) in [5.74, 6) is 0.483. The quantitative estimate of drug-likeness (QED) is 0.732. The van der Waals surface area contributed by atoms with Gasteiger partial charge in [-0.3, -0.25) is 4.79 Å². The lowest BCUT2D eigenvalue weighted by atomic mass is 9.91. The number of aromatic amines is 1. The van der Waals surface area contributed by atoms with Crippen LogP contribution in [-0.2, 0) is 0 Å². The zero-order valence-corrected chi connectivity index (χ0v) is 8.94. The molecule has 5 heteroatoms. The Morgan fingerprint density at radius 1 is 1.38 bits per heavy atom. The third-order valence-electron chi connectivity index (χ3n) is 3.27. The Bertz CT molecular complexity index is 550. The largest absolute Gasteiger partial charge is 0.317 e. The lowest BCUT2D eigenvalue weighted by molar-refractivity contribution is 0.462. The maximum absolute atomic E-state index is 11.8. The van der Waals surface area contributed by atoms with Gasteiger partial charge in [0.25, 0.3) is 5.56 Å². The molecule has 1 aliphatic rings. The molecule has 1 fully saturated rings. The highest BCUT2D eigenvalue weighted by Crippen LogP contribution is 2.27. The van der Waals surface area contributed by atoms with E-state index in [1.165, 1.54) is 6.33 Å². The summed E-state index contributed by atoms with van der Waals surface area (Å²) in [6, 6.07) is 2.02. The molecule has 0 aliphatic carbocycles. The van der Waals surface area contributed by atoms with Gasteiger partial charge in [0, 0.05) is 6.20 Å². The van der Waals surface area contributed by atoms with Crippen molar-refractivity contribution < 1.29 is 0 Å². The molecule has 2 aromatic rings. The molecular weight excluding hydrogens is 204 g/mol. The van der Waals surface area contributed by atoms with E-state index >= 15 is 0 Å². The van der Waals surface area contributed by atoms with Gasteiger partial charge in [-0.05, 0) is 43.5 Å². The first-order valence-corrected chi connectivity index (χ1v) is 5.62. The molecular formula is C11H14N4O. The fraction of sp³-hybridized carbons (Fsp3) is 0.455. The number of hydrogen-bond donors (Lipinski definition) is 2. The van der Waals surface area contributed by atoms with Gasteiger partial charge in [0.15, 0.2) is 0 Å². The van der Waals surface area contributed by atoms with E-state index in [-0.39, 0.29) is 5.56 Å². The van der Waals surface area contributed by atoms with Gasteiger partial charge < -0.3 is 10.3 Å². The molecule has 0 saturated carbocycles. The molecule has 1 saturated heterocycles. The summed E-state index contributed by atoms with van der Waals surface area (Å²) in [4.78, 5) is 14.4. The number of nitrogens with zero attached hydrogens (tertiary/aromatic N) is 2. The van der Waals surface area contributed by atoms with Crippen LogP contribution >= 0.6 is 0 Å². The molecule has 5 nitrogen and oxygen atoms in total. The van der Waals surface area contributed by atoms with Crippen molar-refractivity contribution in [3.8, 4) is 0 Å². The third kappa shape index (κ3) is 1.44. The Kier molecular flexibility index (Phi) is 2.25. The normalized spacial score (nSPS) is 18.0. The molecule has 2 N–H and O–H groups in total. The Morgan fingerprint density at radius 2 is 2.19 bits per heavy atom. The topological polar surface area (TPSA) is 62.2 Å². The summed E-state index contributed by atoms with van der Waals surface area (Å²) in [5.41, 5.74) is 1.79. The number of rotatable bonds is 1. The number of aromatic nitrogens is 3. The van der Waals surface area contributed by atoms with Crippen LogP contribution in [0.15, 0.2) is 23.4 Å². The fourth-order valence-corrected chi connectivity index (χ4v) is 2.45. The molecule has 16 heavy (non-hydrogen) atoms. The first-order valence-electron chi connectivity index (χ1n) is 5.62. The molecule has 0 amide bonds. The van der Waals surface area contributed by atoms with Gasteiger partial charge in [0.05, 0.1) is 0 Å². The van der Waals surface area contributed by atoms with Crippen LogP contribution in [0.3, 0.4) is 0 Å². The van der Waals surface area contributed by atoms with Crippen molar-refractivity contribution in [1.82, 2.24) is 19.9 Å². The zero-order valence-electron chi connectivity index (χ0n) is 8.94. The first kappa shape index (κ1) is 9.59. The van der Waals surface area contributed by atoms with Crippen LogP contribution in [0, 0.1) is 0 Å². The van der Waals surface area contributed by atoms with Gasteiger partial charge in [-0.25, -0.2) is 4.52 Å². The zero-order chi connectivity index (χ0) is 11.0. The Morgan fingerprint density at radius 3 is 3.00 bits per heavy atom. The first-order chi connectivity index (χ1) is 7.86. The molecule has 2 aromatic heterocycles. The van der Waals surface area contributed by atoms with Crippen LogP contribution in [0.25, 0.3) is 5.52 Å². The maximum atomic E-state index is 11.8. The van der Waals surface area contributed by atoms with E-state index in [4.69, 9.17) is 0 Å². The highest BCUT2D eigenvalue weighted by atomic mass is 16.1. The molecule has 0 aromatic carbocycles. The van der Waals surface area contributed by atoms with Gasteiger partial charge >= 0.3 is 0 Å². The molecule has 0 unspecified atom stereocenters. The summed E-state index contributed by atoms with van der Waals surface area (Å²) in [5, 5.41) is 7.43. The maximum Gasteiger partial charge on any atom is 0.275 e. The van der Waals surface area contributed by atoms with E-state index in [1.54, 1.807) is 4.52 Å². The molecule has 84 valence electrons. The number of piperidine rings is 1. The summed E-state index contributed by atoms with van der Waals surface area (Å²) in [6.07, 6.45) is 5.48. The van der Waals surface area contributed by atoms with Gasteiger partial charge in [0.2, 0.25) is 0 Å². The highest BCUT2D eigenvalue weighted by Gasteiger charge is 2.19. The second-order valence-electron chi connectivity index (χ2n) is 4.21. The average molecular weight is 218 g/mol. The summed E-state index contributed by atoms with van der Waals surface area (Å²) >= 11 is 0. The van der Waals surface area contributed by atoms with Crippen LogP contribution < -0.4 is 10.9 Å². The van der Waals surface area contributed by atoms with Gasteiger partial charge in [-0.2, -0.15) is 5.10 Å². The van der Waals surface area contributed by atoms with Crippen molar-refractivity contribution in [1.29, 1.82) is 0 Å². The Hall–Kier alpha value is -1.62. The average Bonchev–Trinajstić information content (AvgIpc) is 2.75. The minimum atomic E-state index is -0.0477. The predicted molar refractivity (Wildman–Crippen MR) is 60.7 cm³/mol. The van der Waals surface area contributed by atoms with Crippen molar-refractivity contribution >= 4 is 5.52 Å². The van der Waals surface area contributed by atoms with Crippen molar-refractivity contribution in [3.05, 3.63) is 34.5 Å². The molecule has 0 atom stereocenters. The van der Waals surface area contributed by atoms with E-state index in [0.717, 1.165) is 31.5 Å². The van der Waals surface area contributed by atoms with E-state index in [2.05, 4.69) is 15.4 Å². The van der Waals surface area contributed by atoms with E-state index in [9.17, 15) is 4.79 Å². The van der Waals surface area contributed by atoms with Crippen molar-refractivity contribution in [3.63, 3.8) is 0 Å². The predicted octanol–water partition coefficient (Wildman–Crippen LogP) is 0.490. The van der Waals surface area contributed by atoms with Crippen LogP contribution in [0.5, 0.6) is 0 Å². The lowest BCUT2D eigenvalue weighted by Gasteiger charge is -2.21. The SMILES string of the molecule is O=c1[nH]cnn2ccc(C3CCNCC3)c12. The molecule has 0 radical (unpaired) electrons. The summed E-state index contributed by atoms with van der Waals surface area (Å²) in [7, 11) is 0. The van der Waals surface area contributed by atoms with E-state index < -0.39 is 0 Å². The van der Waals surface area contributed by atoms with Crippen molar-refractivity contribution in [2.24, 2.45) is 0 Å². The number of fused-ring (bicyclic) bond motifs is 1. The summed E-state index contributed by atoms with van der Waals surface area (Å²) < 4.78 is 1.66. The number of H-pyrrole nitrogens is 1. The van der Waals surface area contributed by atoms with Crippen LogP contribution in [0.4, 0.5) is 0 Å². The van der Waals surface area contributed by atoms with E-state index in [1.807, 2.05) is 12.3 Å². The van der Waals surface area contributed by atoms with Crippen molar-refractivity contribution in [2.75, 3.05) is 13.1 Å². The summed E-state index contributed by atoms with van der Waals surface area (Å²) in [6.45, 7) is 2.06.